The molecule has 1 fully saturated rings. The first-order valence-electron chi connectivity index (χ1n) is 4.65. The molecule has 0 aromatic heterocycles. The average Bonchev–Trinajstić information content (AvgIpc) is 2.25. The number of hydrazine groups is 1. The fourth-order valence-electron chi connectivity index (χ4n) is 1.64. The van der Waals surface area contributed by atoms with Gasteiger partial charge in [0.05, 0.1) is 12.7 Å². The molecule has 1 saturated heterocycles. The molecule has 88 valence electrons. The number of nitrogens with two attached hydrogens (primary N) is 1. The molecule has 0 spiro atoms. The number of hydrogen-bond donors (Lipinski definition) is 5. The molecular formula is C8H16N2O5. The van der Waals surface area contributed by atoms with Crippen molar-refractivity contribution >= 4 is 5.91 Å². The fourth-order valence-corrected chi connectivity index (χ4v) is 1.64. The largest absolute Gasteiger partial charge is 0.394 e. The number of aliphatic hydroxyl groups is 3. The lowest BCUT2D eigenvalue weighted by Gasteiger charge is -2.39. The normalized spacial score (nSPS) is 41.3. The van der Waals surface area contributed by atoms with Crippen molar-refractivity contribution in [1.29, 1.82) is 0 Å². The molecular weight excluding hydrogens is 204 g/mol. The molecule has 0 unspecified atom stereocenters. The first-order chi connectivity index (χ1) is 7.02. The molecule has 1 rings (SSSR count). The molecule has 1 amide bonds. The summed E-state index contributed by atoms with van der Waals surface area (Å²) >= 11 is 0. The highest BCUT2D eigenvalue weighted by Crippen LogP contribution is 2.25. The molecule has 1 heterocycles. The molecule has 1 aliphatic heterocycles. The quantitative estimate of drug-likeness (QED) is 0.193. The number of ether oxygens (including phenoxy) is 1. The maximum absolute atomic E-state index is 11.3. The van der Waals surface area contributed by atoms with Crippen molar-refractivity contribution in [3.05, 3.63) is 0 Å². The Morgan fingerprint density at radius 1 is 1.47 bits per heavy atom. The third kappa shape index (κ3) is 2.27. The smallest absolute Gasteiger partial charge is 0.263 e. The molecule has 0 saturated carbocycles. The second-order valence-electron chi connectivity index (χ2n) is 3.63. The van der Waals surface area contributed by atoms with Crippen molar-refractivity contribution in [3.8, 4) is 0 Å². The summed E-state index contributed by atoms with van der Waals surface area (Å²) in [5.41, 5.74) is 1.91. The minimum absolute atomic E-state index is 0.473. The van der Waals surface area contributed by atoms with Crippen LogP contribution in [0.1, 0.15) is 6.92 Å². The van der Waals surface area contributed by atoms with Crippen LogP contribution < -0.4 is 11.3 Å². The predicted molar refractivity (Wildman–Crippen MR) is 49.3 cm³/mol. The van der Waals surface area contributed by atoms with Gasteiger partial charge < -0.3 is 20.1 Å². The van der Waals surface area contributed by atoms with Crippen LogP contribution in [0.2, 0.25) is 0 Å². The van der Waals surface area contributed by atoms with Gasteiger partial charge in [-0.3, -0.25) is 10.2 Å². The summed E-state index contributed by atoms with van der Waals surface area (Å²) in [5, 5.41) is 28.0. The zero-order valence-corrected chi connectivity index (χ0v) is 8.33. The van der Waals surface area contributed by atoms with Gasteiger partial charge in [0, 0.05) is 5.92 Å². The Kier molecular flexibility index (Phi) is 4.00. The molecule has 5 atom stereocenters. The Balaban J connectivity index is 2.78. The predicted octanol–water partition coefficient (Wildman–Crippen LogP) is -2.91. The van der Waals surface area contributed by atoms with E-state index in [1.54, 1.807) is 6.92 Å². The van der Waals surface area contributed by atoms with E-state index in [2.05, 4.69) is 0 Å². The van der Waals surface area contributed by atoms with E-state index in [1.807, 2.05) is 5.43 Å². The molecule has 0 aromatic carbocycles. The van der Waals surface area contributed by atoms with Crippen LogP contribution in [0.5, 0.6) is 0 Å². The maximum Gasteiger partial charge on any atom is 0.263 e. The minimum atomic E-state index is -1.20. The van der Waals surface area contributed by atoms with Crippen molar-refractivity contribution in [1.82, 2.24) is 5.43 Å². The van der Waals surface area contributed by atoms with Gasteiger partial charge in [0.2, 0.25) is 0 Å². The number of carbonyl (C=O) groups is 1. The van der Waals surface area contributed by atoms with Crippen LogP contribution in [0.15, 0.2) is 0 Å². The van der Waals surface area contributed by atoms with Crippen LogP contribution in [0.25, 0.3) is 0 Å². The van der Waals surface area contributed by atoms with Crippen molar-refractivity contribution in [2.24, 2.45) is 11.8 Å². The highest BCUT2D eigenvalue weighted by molar-refractivity contribution is 5.80. The Labute approximate surface area is 86.8 Å². The lowest BCUT2D eigenvalue weighted by atomic mass is 9.88. The summed E-state index contributed by atoms with van der Waals surface area (Å²) in [5.74, 6) is 3.76. The van der Waals surface area contributed by atoms with Gasteiger partial charge in [-0.05, 0) is 0 Å². The van der Waals surface area contributed by atoms with Gasteiger partial charge in [-0.2, -0.15) is 0 Å². The highest BCUT2D eigenvalue weighted by atomic mass is 16.5. The molecule has 15 heavy (non-hydrogen) atoms. The fraction of sp³-hybridized carbons (Fsp3) is 0.875. The van der Waals surface area contributed by atoms with Crippen LogP contribution in [0.4, 0.5) is 0 Å². The Bertz CT molecular complexity index is 235. The van der Waals surface area contributed by atoms with Crippen LogP contribution in [-0.4, -0.2) is 52.2 Å². The van der Waals surface area contributed by atoms with Gasteiger partial charge in [0.1, 0.15) is 18.3 Å². The molecule has 6 N–H and O–H groups in total. The molecule has 0 aromatic rings. The lowest BCUT2D eigenvalue weighted by molar-refractivity contribution is -0.206. The van der Waals surface area contributed by atoms with Gasteiger partial charge >= 0.3 is 0 Å². The van der Waals surface area contributed by atoms with E-state index in [0.717, 1.165) is 0 Å². The average molecular weight is 220 g/mol. The summed E-state index contributed by atoms with van der Waals surface area (Å²) in [6.07, 6.45) is -4.27. The van der Waals surface area contributed by atoms with Crippen molar-refractivity contribution < 1.29 is 24.9 Å². The van der Waals surface area contributed by atoms with E-state index in [9.17, 15) is 15.0 Å². The van der Waals surface area contributed by atoms with E-state index in [4.69, 9.17) is 15.7 Å². The van der Waals surface area contributed by atoms with Crippen LogP contribution in [0.3, 0.4) is 0 Å². The Morgan fingerprint density at radius 3 is 2.53 bits per heavy atom. The summed E-state index contributed by atoms with van der Waals surface area (Å²) in [6.45, 7) is 1.08. The molecule has 0 aliphatic carbocycles. The van der Waals surface area contributed by atoms with Crippen molar-refractivity contribution in [2.45, 2.75) is 31.3 Å². The van der Waals surface area contributed by atoms with E-state index in [0.29, 0.717) is 0 Å². The molecule has 0 bridgehead atoms. The van der Waals surface area contributed by atoms with Gasteiger partial charge in [-0.1, -0.05) is 6.92 Å². The Morgan fingerprint density at radius 2 is 2.07 bits per heavy atom. The van der Waals surface area contributed by atoms with Gasteiger partial charge in [-0.25, -0.2) is 5.84 Å². The minimum Gasteiger partial charge on any atom is -0.394 e. The van der Waals surface area contributed by atoms with Crippen LogP contribution in [0, 0.1) is 5.92 Å². The van der Waals surface area contributed by atoms with Gasteiger partial charge in [0.25, 0.3) is 5.91 Å². The number of carbonyl (C=O) groups excluding carboxylic acids is 1. The molecule has 7 heteroatoms. The zero-order valence-electron chi connectivity index (χ0n) is 8.33. The number of aliphatic hydroxyl groups excluding tert-OH is 3. The number of rotatable bonds is 2. The van der Waals surface area contributed by atoms with Crippen molar-refractivity contribution in [3.63, 3.8) is 0 Å². The first-order valence-corrected chi connectivity index (χ1v) is 4.65. The SMILES string of the molecule is C[C@@H]1[C@@H](O)[C@H](O)[C@@H](CO)O[C@@H]1C(=O)NN. The van der Waals surface area contributed by atoms with Crippen molar-refractivity contribution in [2.75, 3.05) is 6.61 Å². The number of amides is 1. The topological polar surface area (TPSA) is 125 Å². The summed E-state index contributed by atoms with van der Waals surface area (Å²) in [7, 11) is 0. The third-order valence-electron chi connectivity index (χ3n) is 2.65. The first kappa shape index (κ1) is 12.3. The monoisotopic (exact) mass is 220 g/mol. The zero-order chi connectivity index (χ0) is 11.6. The molecule has 7 nitrogen and oxygen atoms in total. The van der Waals surface area contributed by atoms with E-state index < -0.39 is 42.8 Å². The van der Waals surface area contributed by atoms with E-state index in [1.165, 1.54) is 0 Å². The lowest BCUT2D eigenvalue weighted by Crippen LogP contribution is -2.59. The van der Waals surface area contributed by atoms with E-state index in [-0.39, 0.29) is 0 Å². The van der Waals surface area contributed by atoms with E-state index >= 15 is 0 Å². The highest BCUT2D eigenvalue weighted by Gasteiger charge is 2.44. The molecule has 0 radical (unpaired) electrons. The molecule has 1 aliphatic rings. The standard InChI is InChI=1S/C8H16N2O5/c1-3-5(12)6(13)4(2-11)15-7(3)8(14)10-9/h3-7,11-13H,2,9H2,1H3,(H,10,14)/t3-,4-,5-,6-,7+/m1/s1. The number of hydrogen-bond acceptors (Lipinski definition) is 6. The number of nitrogens with one attached hydrogen (secondary N) is 1. The maximum atomic E-state index is 11.3. The second-order valence-corrected chi connectivity index (χ2v) is 3.63. The third-order valence-corrected chi connectivity index (χ3v) is 2.65. The van der Waals surface area contributed by atoms with Crippen LogP contribution >= 0.6 is 0 Å². The van der Waals surface area contributed by atoms with Gasteiger partial charge in [-0.15, -0.1) is 0 Å². The van der Waals surface area contributed by atoms with Gasteiger partial charge in [0.15, 0.2) is 0 Å². The second kappa shape index (κ2) is 4.86. The summed E-state index contributed by atoms with van der Waals surface area (Å²) < 4.78 is 5.13. The summed E-state index contributed by atoms with van der Waals surface area (Å²) in [6, 6.07) is 0. The summed E-state index contributed by atoms with van der Waals surface area (Å²) in [4.78, 5) is 11.3. The van der Waals surface area contributed by atoms with Crippen LogP contribution in [-0.2, 0) is 9.53 Å². The Hall–Kier alpha value is -0.730.